The minimum atomic E-state index is -0.343. The summed E-state index contributed by atoms with van der Waals surface area (Å²) in [6.07, 6.45) is 2.43. The van der Waals surface area contributed by atoms with Crippen LogP contribution < -0.4 is 10.6 Å². The molecule has 0 bridgehead atoms. The third-order valence-electron chi connectivity index (χ3n) is 6.09. The third-order valence-corrected chi connectivity index (χ3v) is 6.09. The summed E-state index contributed by atoms with van der Waals surface area (Å²) < 4.78 is 12.3. The smallest absolute Gasteiger partial charge is 0.257 e. The van der Waals surface area contributed by atoms with Crippen molar-refractivity contribution >= 4 is 28.9 Å². The van der Waals surface area contributed by atoms with Gasteiger partial charge in [0.05, 0.1) is 31.3 Å². The second-order valence-electron chi connectivity index (χ2n) is 8.70. The minimum absolute atomic E-state index is 0.220. The molecule has 1 aromatic carbocycles. The van der Waals surface area contributed by atoms with Crippen LogP contribution in [-0.4, -0.2) is 84.4 Å². The molecule has 1 aliphatic heterocycles. The number of rotatable bonds is 11. The SMILES string of the molecule is COCCCn1c(NC(=O)c2cccc(CC#N)c2)nc2cc(C(=O)NCCN3CCOCC3)cnc21. The molecule has 11 heteroatoms. The number of fused-ring (bicyclic) bond motifs is 1. The number of nitriles is 1. The van der Waals surface area contributed by atoms with Crippen molar-refractivity contribution < 1.29 is 19.1 Å². The summed E-state index contributed by atoms with van der Waals surface area (Å²) in [5, 5.41) is 14.8. The van der Waals surface area contributed by atoms with E-state index in [0.717, 1.165) is 25.2 Å². The lowest BCUT2D eigenvalue weighted by Crippen LogP contribution is -2.41. The first-order valence-corrected chi connectivity index (χ1v) is 12.3. The van der Waals surface area contributed by atoms with Gasteiger partial charge in [0.1, 0.15) is 5.52 Å². The molecule has 0 atom stereocenters. The van der Waals surface area contributed by atoms with Crippen LogP contribution in [0.25, 0.3) is 11.2 Å². The van der Waals surface area contributed by atoms with E-state index in [0.29, 0.717) is 67.6 Å². The Kier molecular flexibility index (Phi) is 9.15. The van der Waals surface area contributed by atoms with Gasteiger partial charge in [0.15, 0.2) is 5.65 Å². The minimum Gasteiger partial charge on any atom is -0.385 e. The molecule has 4 rings (SSSR count). The fourth-order valence-corrected chi connectivity index (χ4v) is 4.15. The Balaban J connectivity index is 1.50. The van der Waals surface area contributed by atoms with Gasteiger partial charge in [0, 0.05) is 58.2 Å². The maximum atomic E-state index is 13.0. The average Bonchev–Trinajstić information content (AvgIpc) is 3.25. The third kappa shape index (κ3) is 6.89. The summed E-state index contributed by atoms with van der Waals surface area (Å²) in [4.78, 5) is 37.1. The highest BCUT2D eigenvalue weighted by atomic mass is 16.5. The van der Waals surface area contributed by atoms with Gasteiger partial charge in [-0.1, -0.05) is 12.1 Å². The Labute approximate surface area is 215 Å². The van der Waals surface area contributed by atoms with Gasteiger partial charge in [-0.25, -0.2) is 9.97 Å². The molecule has 0 aliphatic carbocycles. The van der Waals surface area contributed by atoms with Crippen molar-refractivity contribution in [3.05, 3.63) is 53.2 Å². The molecule has 1 aliphatic rings. The Morgan fingerprint density at radius 1 is 1.16 bits per heavy atom. The molecule has 0 radical (unpaired) electrons. The van der Waals surface area contributed by atoms with Crippen molar-refractivity contribution in [3.63, 3.8) is 0 Å². The molecule has 2 aromatic heterocycles. The van der Waals surface area contributed by atoms with E-state index >= 15 is 0 Å². The molecule has 2 amide bonds. The second kappa shape index (κ2) is 12.9. The quantitative estimate of drug-likeness (QED) is 0.377. The molecule has 0 spiro atoms. The van der Waals surface area contributed by atoms with Crippen LogP contribution in [0.5, 0.6) is 0 Å². The molecule has 37 heavy (non-hydrogen) atoms. The average molecular weight is 506 g/mol. The van der Waals surface area contributed by atoms with Crippen molar-refractivity contribution in [1.29, 1.82) is 5.26 Å². The van der Waals surface area contributed by atoms with E-state index in [1.807, 2.05) is 4.57 Å². The number of hydrogen-bond donors (Lipinski definition) is 2. The van der Waals surface area contributed by atoms with Crippen LogP contribution in [0.2, 0.25) is 0 Å². The molecule has 2 N–H and O–H groups in total. The van der Waals surface area contributed by atoms with Crippen molar-refractivity contribution in [3.8, 4) is 6.07 Å². The van der Waals surface area contributed by atoms with Crippen LogP contribution in [0, 0.1) is 11.3 Å². The van der Waals surface area contributed by atoms with E-state index in [1.165, 1.54) is 6.20 Å². The summed E-state index contributed by atoms with van der Waals surface area (Å²) in [6, 6.07) is 10.7. The van der Waals surface area contributed by atoms with Crippen molar-refractivity contribution in [2.24, 2.45) is 0 Å². The molecule has 0 unspecified atom stereocenters. The summed E-state index contributed by atoms with van der Waals surface area (Å²) in [5.74, 6) is -0.236. The lowest BCUT2D eigenvalue weighted by atomic mass is 10.1. The van der Waals surface area contributed by atoms with Crippen LogP contribution in [0.15, 0.2) is 36.5 Å². The zero-order chi connectivity index (χ0) is 26.0. The predicted molar refractivity (Wildman–Crippen MR) is 137 cm³/mol. The maximum Gasteiger partial charge on any atom is 0.257 e. The predicted octanol–water partition coefficient (Wildman–Crippen LogP) is 1.85. The number of ether oxygens (including phenoxy) is 2. The molecule has 3 aromatic rings. The molecule has 1 saturated heterocycles. The van der Waals surface area contributed by atoms with E-state index < -0.39 is 0 Å². The number of morpholine rings is 1. The molecule has 194 valence electrons. The van der Waals surface area contributed by atoms with E-state index in [4.69, 9.17) is 14.7 Å². The number of nitrogens with one attached hydrogen (secondary N) is 2. The van der Waals surface area contributed by atoms with Crippen LogP contribution >= 0.6 is 0 Å². The number of nitrogens with zero attached hydrogens (tertiary/aromatic N) is 5. The summed E-state index contributed by atoms with van der Waals surface area (Å²) >= 11 is 0. The largest absolute Gasteiger partial charge is 0.385 e. The fourth-order valence-electron chi connectivity index (χ4n) is 4.15. The zero-order valence-corrected chi connectivity index (χ0v) is 20.9. The Morgan fingerprint density at radius 2 is 2.00 bits per heavy atom. The van der Waals surface area contributed by atoms with Crippen LogP contribution in [0.1, 0.15) is 32.7 Å². The lowest BCUT2D eigenvalue weighted by Gasteiger charge is -2.26. The van der Waals surface area contributed by atoms with E-state index in [1.54, 1.807) is 37.4 Å². The van der Waals surface area contributed by atoms with E-state index in [9.17, 15) is 9.59 Å². The number of benzene rings is 1. The van der Waals surface area contributed by atoms with E-state index in [2.05, 4.69) is 31.6 Å². The molecule has 3 heterocycles. The number of carbonyl (C=O) groups excluding carboxylic acids is 2. The Hall–Kier alpha value is -3.85. The molecule has 0 saturated carbocycles. The normalized spacial score (nSPS) is 13.8. The number of amides is 2. The van der Waals surface area contributed by atoms with Gasteiger partial charge < -0.3 is 14.8 Å². The highest BCUT2D eigenvalue weighted by molar-refractivity contribution is 6.04. The summed E-state index contributed by atoms with van der Waals surface area (Å²) in [5.41, 5.74) is 2.66. The first-order chi connectivity index (χ1) is 18.1. The number of carbonyl (C=O) groups is 2. The lowest BCUT2D eigenvalue weighted by molar-refractivity contribution is 0.0383. The number of anilines is 1. The van der Waals surface area contributed by atoms with Gasteiger partial charge in [0.2, 0.25) is 5.95 Å². The number of imidazole rings is 1. The van der Waals surface area contributed by atoms with Gasteiger partial charge in [-0.05, 0) is 30.2 Å². The maximum absolute atomic E-state index is 13.0. The molecular formula is C26H31N7O4. The highest BCUT2D eigenvalue weighted by Gasteiger charge is 2.18. The molecule has 11 nitrogen and oxygen atoms in total. The number of aryl methyl sites for hydroxylation is 1. The van der Waals surface area contributed by atoms with Crippen LogP contribution in [0.4, 0.5) is 5.95 Å². The number of pyridine rings is 1. The first kappa shape index (κ1) is 26.2. The van der Waals surface area contributed by atoms with Crippen LogP contribution in [-0.2, 0) is 22.4 Å². The Bertz CT molecular complexity index is 1280. The second-order valence-corrected chi connectivity index (χ2v) is 8.70. The topological polar surface area (TPSA) is 134 Å². The van der Waals surface area contributed by atoms with Crippen LogP contribution in [0.3, 0.4) is 0 Å². The summed E-state index contributed by atoms with van der Waals surface area (Å²) in [6.45, 7) is 5.48. The van der Waals surface area contributed by atoms with Gasteiger partial charge in [-0.2, -0.15) is 5.26 Å². The van der Waals surface area contributed by atoms with Crippen molar-refractivity contribution in [2.45, 2.75) is 19.4 Å². The monoisotopic (exact) mass is 505 g/mol. The van der Waals surface area contributed by atoms with Gasteiger partial charge >= 0.3 is 0 Å². The van der Waals surface area contributed by atoms with Crippen molar-refractivity contribution in [1.82, 2.24) is 24.8 Å². The zero-order valence-electron chi connectivity index (χ0n) is 20.9. The molecular weight excluding hydrogens is 474 g/mol. The number of methoxy groups -OCH3 is 1. The van der Waals surface area contributed by atoms with E-state index in [-0.39, 0.29) is 18.2 Å². The number of hydrogen-bond acceptors (Lipinski definition) is 8. The standard InChI is InChI=1S/C26H31N7O4/c1-36-13-3-9-33-23-22(30-26(33)31-25(35)20-5-2-4-19(16-20)6-7-27)17-21(18-29-23)24(34)28-8-10-32-11-14-37-15-12-32/h2,4-5,16-18H,3,6,8-15H2,1H3,(H,28,34)(H,30,31,35). The van der Waals surface area contributed by atoms with Gasteiger partial charge in [0.25, 0.3) is 11.8 Å². The Morgan fingerprint density at radius 3 is 2.78 bits per heavy atom. The van der Waals surface area contributed by atoms with Gasteiger partial charge in [-0.15, -0.1) is 0 Å². The first-order valence-electron chi connectivity index (χ1n) is 12.3. The highest BCUT2D eigenvalue weighted by Crippen LogP contribution is 2.21. The number of aromatic nitrogens is 3. The summed E-state index contributed by atoms with van der Waals surface area (Å²) in [7, 11) is 1.63. The van der Waals surface area contributed by atoms with Gasteiger partial charge in [-0.3, -0.25) is 24.4 Å². The molecule has 1 fully saturated rings. The van der Waals surface area contributed by atoms with Crippen molar-refractivity contribution in [2.75, 3.05) is 58.4 Å². The fraction of sp³-hybridized carbons (Fsp3) is 0.423.